The van der Waals surface area contributed by atoms with E-state index < -0.39 is 0 Å². The number of hydrogen-bond donors (Lipinski definition) is 1. The average molecular weight is 216 g/mol. The predicted molar refractivity (Wildman–Crippen MR) is 63.5 cm³/mol. The van der Waals surface area contributed by atoms with Gasteiger partial charge in [-0.25, -0.2) is 4.68 Å². The second-order valence-corrected chi connectivity index (χ2v) is 4.09. The first-order valence-electron chi connectivity index (χ1n) is 5.31. The van der Waals surface area contributed by atoms with Crippen molar-refractivity contribution < 1.29 is 0 Å². The lowest BCUT2D eigenvalue weighted by Crippen LogP contribution is -2.09. The van der Waals surface area contributed by atoms with Gasteiger partial charge in [0.1, 0.15) is 0 Å². The largest absolute Gasteiger partial charge is 0.325 e. The topological polar surface area (TPSA) is 56.7 Å². The van der Waals surface area contributed by atoms with Gasteiger partial charge in [-0.3, -0.25) is 0 Å². The molecule has 0 aliphatic heterocycles. The Bertz CT molecular complexity index is 490. The van der Waals surface area contributed by atoms with Crippen LogP contribution in [0.25, 0.3) is 5.69 Å². The quantitative estimate of drug-likeness (QED) is 0.830. The second-order valence-electron chi connectivity index (χ2n) is 4.09. The monoisotopic (exact) mass is 216 g/mol. The molecule has 0 atom stereocenters. The van der Waals surface area contributed by atoms with Gasteiger partial charge in [-0.05, 0) is 31.9 Å². The molecule has 0 saturated heterocycles. The summed E-state index contributed by atoms with van der Waals surface area (Å²) in [6.45, 7) is 6.70. The average Bonchev–Trinajstić information content (AvgIpc) is 2.64. The Morgan fingerprint density at radius 1 is 1.19 bits per heavy atom. The van der Waals surface area contributed by atoms with Crippen molar-refractivity contribution in [3.05, 3.63) is 40.7 Å². The molecule has 16 heavy (non-hydrogen) atoms. The summed E-state index contributed by atoms with van der Waals surface area (Å²) in [4.78, 5) is 0. The maximum Gasteiger partial charge on any atom is 0.0781 e. The Morgan fingerprint density at radius 2 is 1.81 bits per heavy atom. The van der Waals surface area contributed by atoms with E-state index in [0.29, 0.717) is 6.54 Å². The first-order valence-corrected chi connectivity index (χ1v) is 5.31. The summed E-state index contributed by atoms with van der Waals surface area (Å²) in [6, 6.07) is 4.29. The zero-order valence-corrected chi connectivity index (χ0v) is 9.86. The lowest BCUT2D eigenvalue weighted by molar-refractivity contribution is 0.753. The number of rotatable bonds is 2. The highest BCUT2D eigenvalue weighted by molar-refractivity contribution is 5.49. The summed E-state index contributed by atoms with van der Waals surface area (Å²) in [5.41, 5.74) is 11.3. The zero-order valence-electron chi connectivity index (χ0n) is 9.86. The molecular formula is C12H16N4. The standard InChI is InChI=1S/C12H16N4/c1-8-4-9(2)12(10(3)5-8)16-11(6-13)7-14-15-16/h4-5,7H,6,13H2,1-3H3. The third kappa shape index (κ3) is 1.72. The van der Waals surface area contributed by atoms with Gasteiger partial charge in [0.15, 0.2) is 0 Å². The molecule has 1 aromatic heterocycles. The number of aromatic nitrogens is 3. The van der Waals surface area contributed by atoms with E-state index in [1.165, 1.54) is 16.7 Å². The maximum absolute atomic E-state index is 5.66. The molecule has 0 aliphatic carbocycles. The van der Waals surface area contributed by atoms with Gasteiger partial charge in [0.2, 0.25) is 0 Å². The van der Waals surface area contributed by atoms with Crippen LogP contribution in [-0.4, -0.2) is 15.0 Å². The second kappa shape index (κ2) is 4.06. The molecular weight excluding hydrogens is 200 g/mol. The van der Waals surface area contributed by atoms with Gasteiger partial charge in [-0.15, -0.1) is 5.10 Å². The van der Waals surface area contributed by atoms with Crippen molar-refractivity contribution >= 4 is 0 Å². The minimum atomic E-state index is 0.444. The lowest BCUT2D eigenvalue weighted by Gasteiger charge is -2.12. The third-order valence-electron chi connectivity index (χ3n) is 2.68. The fourth-order valence-corrected chi connectivity index (χ4v) is 2.09. The summed E-state index contributed by atoms with van der Waals surface area (Å²) in [5.74, 6) is 0. The number of benzene rings is 1. The van der Waals surface area contributed by atoms with Crippen LogP contribution in [0.4, 0.5) is 0 Å². The van der Waals surface area contributed by atoms with Crippen molar-refractivity contribution in [3.63, 3.8) is 0 Å². The van der Waals surface area contributed by atoms with E-state index in [4.69, 9.17) is 5.73 Å². The maximum atomic E-state index is 5.66. The number of nitrogens with two attached hydrogens (primary N) is 1. The first kappa shape index (κ1) is 10.8. The van der Waals surface area contributed by atoms with Crippen molar-refractivity contribution in [1.29, 1.82) is 0 Å². The fraction of sp³-hybridized carbons (Fsp3) is 0.333. The van der Waals surface area contributed by atoms with E-state index in [1.807, 2.05) is 4.68 Å². The Hall–Kier alpha value is -1.68. The predicted octanol–water partition coefficient (Wildman–Crippen LogP) is 1.65. The molecule has 1 heterocycles. The molecule has 0 unspecified atom stereocenters. The molecule has 4 nitrogen and oxygen atoms in total. The minimum Gasteiger partial charge on any atom is -0.325 e. The van der Waals surface area contributed by atoms with E-state index in [1.54, 1.807) is 6.20 Å². The Balaban J connectivity index is 2.64. The summed E-state index contributed by atoms with van der Waals surface area (Å²) < 4.78 is 1.82. The Morgan fingerprint density at radius 3 is 2.38 bits per heavy atom. The van der Waals surface area contributed by atoms with Crippen LogP contribution in [0.15, 0.2) is 18.3 Å². The van der Waals surface area contributed by atoms with Gasteiger partial charge in [0.05, 0.1) is 17.6 Å². The molecule has 0 bridgehead atoms. The van der Waals surface area contributed by atoms with Crippen LogP contribution in [0.1, 0.15) is 22.4 Å². The van der Waals surface area contributed by atoms with Crippen LogP contribution in [-0.2, 0) is 6.54 Å². The molecule has 2 rings (SSSR count). The van der Waals surface area contributed by atoms with Crippen molar-refractivity contribution in [3.8, 4) is 5.69 Å². The lowest BCUT2D eigenvalue weighted by atomic mass is 10.1. The zero-order chi connectivity index (χ0) is 11.7. The summed E-state index contributed by atoms with van der Waals surface area (Å²) >= 11 is 0. The molecule has 2 aromatic rings. The molecule has 0 amide bonds. The van der Waals surface area contributed by atoms with Crippen LogP contribution in [0.5, 0.6) is 0 Å². The first-order chi connectivity index (χ1) is 7.63. The van der Waals surface area contributed by atoms with E-state index >= 15 is 0 Å². The van der Waals surface area contributed by atoms with Gasteiger partial charge in [0.25, 0.3) is 0 Å². The Kier molecular flexibility index (Phi) is 2.75. The molecule has 0 spiro atoms. The molecule has 0 saturated carbocycles. The van der Waals surface area contributed by atoms with E-state index in [-0.39, 0.29) is 0 Å². The van der Waals surface area contributed by atoms with Gasteiger partial charge < -0.3 is 5.73 Å². The molecule has 0 fully saturated rings. The van der Waals surface area contributed by atoms with E-state index in [0.717, 1.165) is 11.4 Å². The summed E-state index contributed by atoms with van der Waals surface area (Å²) in [6.07, 6.45) is 1.71. The summed E-state index contributed by atoms with van der Waals surface area (Å²) in [7, 11) is 0. The van der Waals surface area contributed by atoms with E-state index in [9.17, 15) is 0 Å². The number of hydrogen-bond acceptors (Lipinski definition) is 3. The van der Waals surface area contributed by atoms with Crippen LogP contribution in [0, 0.1) is 20.8 Å². The molecule has 0 radical (unpaired) electrons. The van der Waals surface area contributed by atoms with Gasteiger partial charge in [-0.1, -0.05) is 22.9 Å². The molecule has 2 N–H and O–H groups in total. The molecule has 0 aliphatic rings. The smallest absolute Gasteiger partial charge is 0.0781 e. The van der Waals surface area contributed by atoms with E-state index in [2.05, 4.69) is 43.2 Å². The van der Waals surface area contributed by atoms with Gasteiger partial charge in [0, 0.05) is 6.54 Å². The third-order valence-corrected chi connectivity index (χ3v) is 2.68. The van der Waals surface area contributed by atoms with Crippen LogP contribution in [0.3, 0.4) is 0 Å². The van der Waals surface area contributed by atoms with Gasteiger partial charge >= 0.3 is 0 Å². The highest BCUT2D eigenvalue weighted by Gasteiger charge is 2.10. The van der Waals surface area contributed by atoms with Crippen molar-refractivity contribution in [2.45, 2.75) is 27.3 Å². The molecule has 4 heteroatoms. The number of aryl methyl sites for hydroxylation is 3. The number of nitrogens with zero attached hydrogens (tertiary/aromatic N) is 3. The highest BCUT2D eigenvalue weighted by atomic mass is 15.4. The minimum absolute atomic E-state index is 0.444. The molecule has 1 aromatic carbocycles. The molecule has 84 valence electrons. The fourth-order valence-electron chi connectivity index (χ4n) is 2.09. The van der Waals surface area contributed by atoms with Crippen LogP contribution >= 0.6 is 0 Å². The van der Waals surface area contributed by atoms with Crippen molar-refractivity contribution in [1.82, 2.24) is 15.0 Å². The van der Waals surface area contributed by atoms with Crippen LogP contribution in [0.2, 0.25) is 0 Å². The van der Waals surface area contributed by atoms with Gasteiger partial charge in [-0.2, -0.15) is 0 Å². The SMILES string of the molecule is Cc1cc(C)c(-n2nncc2CN)c(C)c1. The summed E-state index contributed by atoms with van der Waals surface area (Å²) in [5, 5.41) is 8.00. The normalized spacial score (nSPS) is 10.8. The van der Waals surface area contributed by atoms with Crippen molar-refractivity contribution in [2.24, 2.45) is 5.73 Å². The van der Waals surface area contributed by atoms with Crippen LogP contribution < -0.4 is 5.73 Å². The highest BCUT2D eigenvalue weighted by Crippen LogP contribution is 2.21. The van der Waals surface area contributed by atoms with Crippen molar-refractivity contribution in [2.75, 3.05) is 0 Å². The Labute approximate surface area is 95.1 Å².